The molecule has 0 aliphatic carbocycles. The molecule has 6 nitrogen and oxygen atoms in total. The van der Waals surface area contributed by atoms with Gasteiger partial charge < -0.3 is 19.7 Å². The largest absolute Gasteiger partial charge is 0.376 e. The van der Waals surface area contributed by atoms with Crippen molar-refractivity contribution in [2.45, 2.75) is 51.4 Å². The van der Waals surface area contributed by atoms with Gasteiger partial charge in [0.15, 0.2) is 5.96 Å². The van der Waals surface area contributed by atoms with Gasteiger partial charge in [-0.3, -0.25) is 0 Å². The second kappa shape index (κ2) is 12.3. The van der Waals surface area contributed by atoms with E-state index in [1.165, 1.54) is 12.1 Å². The Labute approximate surface area is 189 Å². The van der Waals surface area contributed by atoms with Crippen LogP contribution in [0.2, 0.25) is 0 Å². The maximum Gasteiger partial charge on any atom is 0.194 e. The maximum absolute atomic E-state index is 14.0. The topological polar surface area (TPSA) is 69.9 Å². The van der Waals surface area contributed by atoms with Crippen molar-refractivity contribution in [2.24, 2.45) is 4.99 Å². The van der Waals surface area contributed by atoms with Crippen molar-refractivity contribution in [1.82, 2.24) is 10.2 Å². The molecular weight excluding hydrogens is 486 g/mol. The number of likely N-dealkylation sites (tertiary alicyclic amines) is 1. The highest BCUT2D eigenvalue weighted by Gasteiger charge is 2.24. The lowest BCUT2D eigenvalue weighted by atomic mass is 10.1. The number of nitrogens with zero attached hydrogens (tertiary/aromatic N) is 3. The number of hydrogen-bond acceptors (Lipinski definition) is 4. The van der Waals surface area contributed by atoms with E-state index in [0.717, 1.165) is 57.9 Å². The highest BCUT2D eigenvalue weighted by atomic mass is 127. The van der Waals surface area contributed by atoms with Crippen molar-refractivity contribution in [3.63, 3.8) is 0 Å². The molecule has 1 unspecified atom stereocenters. The summed E-state index contributed by atoms with van der Waals surface area (Å²) in [7, 11) is 0. The van der Waals surface area contributed by atoms with E-state index in [1.807, 2.05) is 13.0 Å². The quantitative estimate of drug-likeness (QED) is 0.357. The van der Waals surface area contributed by atoms with Gasteiger partial charge in [-0.05, 0) is 50.8 Å². The first kappa shape index (κ1) is 23.8. The Morgan fingerprint density at radius 1 is 1.38 bits per heavy atom. The molecule has 0 aromatic heterocycles. The van der Waals surface area contributed by atoms with Crippen LogP contribution >= 0.6 is 24.0 Å². The van der Waals surface area contributed by atoms with E-state index in [0.29, 0.717) is 17.7 Å². The van der Waals surface area contributed by atoms with Gasteiger partial charge >= 0.3 is 0 Å². The fourth-order valence-corrected chi connectivity index (χ4v) is 3.60. The number of nitrogens with one attached hydrogen (secondary N) is 1. The molecule has 2 saturated heterocycles. The summed E-state index contributed by atoms with van der Waals surface area (Å²) in [5.41, 5.74) is 0.880. The van der Waals surface area contributed by atoms with E-state index < -0.39 is 0 Å². The fraction of sp³-hybridized carbons (Fsp3) is 0.619. The summed E-state index contributed by atoms with van der Waals surface area (Å²) in [6.07, 6.45) is 4.63. The first-order chi connectivity index (χ1) is 13.7. The Morgan fingerprint density at radius 2 is 2.17 bits per heavy atom. The number of halogens is 2. The zero-order valence-electron chi connectivity index (χ0n) is 16.9. The van der Waals surface area contributed by atoms with Crippen LogP contribution in [-0.2, 0) is 16.0 Å². The molecule has 0 bridgehead atoms. The van der Waals surface area contributed by atoms with E-state index in [2.05, 4.69) is 15.2 Å². The number of hydrogen-bond donors (Lipinski definition) is 1. The summed E-state index contributed by atoms with van der Waals surface area (Å²) in [6, 6.07) is 6.41. The Morgan fingerprint density at radius 3 is 2.83 bits per heavy atom. The number of benzene rings is 1. The molecule has 2 fully saturated rings. The number of rotatable bonds is 6. The third kappa shape index (κ3) is 7.08. The Bertz CT molecular complexity index is 711. The molecule has 160 valence electrons. The van der Waals surface area contributed by atoms with Crippen molar-refractivity contribution < 1.29 is 13.9 Å². The number of aliphatic imine (C=N–C) groups is 1. The minimum absolute atomic E-state index is 0. The van der Waals surface area contributed by atoms with Crippen LogP contribution in [0.15, 0.2) is 23.2 Å². The summed E-state index contributed by atoms with van der Waals surface area (Å²) >= 11 is 0. The standard InChI is InChI=1S/C21H29FN4O2.HI/c1-2-24-21(25-14-17-12-16(13-23)5-6-20(17)22)26-9-7-18(8-10-26)28-15-19-4-3-11-27-19;/h5-6,12,18-19H,2-4,7-11,14-15H2,1H3,(H,24,25);1H. The predicted octanol–water partition coefficient (Wildman–Crippen LogP) is 3.44. The maximum atomic E-state index is 14.0. The summed E-state index contributed by atoms with van der Waals surface area (Å²) < 4.78 is 25.7. The third-order valence-electron chi connectivity index (χ3n) is 5.19. The lowest BCUT2D eigenvalue weighted by Crippen LogP contribution is -2.47. The van der Waals surface area contributed by atoms with Gasteiger partial charge in [-0.1, -0.05) is 0 Å². The molecule has 0 amide bonds. The normalized spacial score (nSPS) is 20.2. The van der Waals surface area contributed by atoms with Crippen LogP contribution in [0.1, 0.15) is 43.7 Å². The first-order valence-corrected chi connectivity index (χ1v) is 10.1. The average molecular weight is 516 g/mol. The molecule has 8 heteroatoms. The minimum atomic E-state index is -0.333. The molecule has 2 aliphatic heterocycles. The van der Waals surface area contributed by atoms with Crippen LogP contribution in [-0.4, -0.2) is 55.9 Å². The monoisotopic (exact) mass is 516 g/mol. The molecule has 0 spiro atoms. The molecule has 1 N–H and O–H groups in total. The van der Waals surface area contributed by atoms with Crippen molar-refractivity contribution in [2.75, 3.05) is 32.8 Å². The average Bonchev–Trinajstić information content (AvgIpc) is 3.25. The molecular formula is C21H30FIN4O2. The number of ether oxygens (including phenoxy) is 2. The Kier molecular flexibility index (Phi) is 10.1. The minimum Gasteiger partial charge on any atom is -0.376 e. The van der Waals surface area contributed by atoms with Crippen LogP contribution < -0.4 is 5.32 Å². The van der Waals surface area contributed by atoms with Gasteiger partial charge in [-0.2, -0.15) is 5.26 Å². The van der Waals surface area contributed by atoms with Gasteiger partial charge in [0.2, 0.25) is 0 Å². The third-order valence-corrected chi connectivity index (χ3v) is 5.19. The zero-order chi connectivity index (χ0) is 19.8. The molecule has 2 aliphatic rings. The molecule has 29 heavy (non-hydrogen) atoms. The van der Waals surface area contributed by atoms with Crippen molar-refractivity contribution in [3.05, 3.63) is 35.1 Å². The van der Waals surface area contributed by atoms with E-state index in [4.69, 9.17) is 14.7 Å². The van der Waals surface area contributed by atoms with Gasteiger partial charge in [-0.15, -0.1) is 24.0 Å². The van der Waals surface area contributed by atoms with Gasteiger partial charge in [-0.25, -0.2) is 9.38 Å². The summed E-state index contributed by atoms with van der Waals surface area (Å²) in [6.45, 7) is 6.21. The number of piperidine rings is 1. The van der Waals surface area contributed by atoms with Crippen LogP contribution in [0.5, 0.6) is 0 Å². The van der Waals surface area contributed by atoms with Crippen LogP contribution in [0.25, 0.3) is 0 Å². The second-order valence-electron chi connectivity index (χ2n) is 7.24. The van der Waals surface area contributed by atoms with Crippen LogP contribution in [0.4, 0.5) is 4.39 Å². The fourth-order valence-electron chi connectivity index (χ4n) is 3.60. The Hall–Kier alpha value is -1.44. The molecule has 1 aromatic rings. The van der Waals surface area contributed by atoms with Crippen molar-refractivity contribution in [3.8, 4) is 6.07 Å². The summed E-state index contributed by atoms with van der Waals surface area (Å²) in [5.74, 6) is 0.446. The number of guanidine groups is 1. The molecule has 0 radical (unpaired) electrons. The predicted molar refractivity (Wildman–Crippen MR) is 121 cm³/mol. The van der Waals surface area contributed by atoms with E-state index in [-0.39, 0.29) is 48.5 Å². The number of nitriles is 1. The van der Waals surface area contributed by atoms with Crippen LogP contribution in [0, 0.1) is 17.1 Å². The zero-order valence-corrected chi connectivity index (χ0v) is 19.2. The second-order valence-corrected chi connectivity index (χ2v) is 7.24. The van der Waals surface area contributed by atoms with E-state index >= 15 is 0 Å². The highest BCUT2D eigenvalue weighted by Crippen LogP contribution is 2.18. The van der Waals surface area contributed by atoms with Crippen LogP contribution in [0.3, 0.4) is 0 Å². The lowest BCUT2D eigenvalue weighted by Gasteiger charge is -2.34. The SMILES string of the molecule is CCNC(=NCc1cc(C#N)ccc1F)N1CCC(OCC2CCCO2)CC1.I. The van der Waals surface area contributed by atoms with Gasteiger partial charge in [0.25, 0.3) is 0 Å². The Balaban J connectivity index is 0.00000300. The smallest absolute Gasteiger partial charge is 0.194 e. The highest BCUT2D eigenvalue weighted by molar-refractivity contribution is 14.0. The first-order valence-electron chi connectivity index (χ1n) is 10.1. The summed E-state index contributed by atoms with van der Waals surface area (Å²) in [4.78, 5) is 6.79. The molecule has 1 atom stereocenters. The van der Waals surface area contributed by atoms with Gasteiger partial charge in [0.1, 0.15) is 5.82 Å². The summed E-state index contributed by atoms with van der Waals surface area (Å²) in [5, 5.41) is 12.3. The van der Waals surface area contributed by atoms with Crippen molar-refractivity contribution >= 4 is 29.9 Å². The van der Waals surface area contributed by atoms with E-state index in [9.17, 15) is 4.39 Å². The lowest BCUT2D eigenvalue weighted by molar-refractivity contribution is -0.0367. The van der Waals surface area contributed by atoms with Gasteiger partial charge in [0, 0.05) is 31.8 Å². The molecule has 3 rings (SSSR count). The molecule has 2 heterocycles. The van der Waals surface area contributed by atoms with Crippen molar-refractivity contribution in [1.29, 1.82) is 5.26 Å². The van der Waals surface area contributed by atoms with E-state index in [1.54, 1.807) is 6.07 Å². The van der Waals surface area contributed by atoms with Gasteiger partial charge in [0.05, 0.1) is 37.0 Å². The molecule has 0 saturated carbocycles. The molecule has 1 aromatic carbocycles.